The molecule has 0 bridgehead atoms. The van der Waals surface area contributed by atoms with E-state index in [2.05, 4.69) is 17.6 Å². The summed E-state index contributed by atoms with van der Waals surface area (Å²) < 4.78 is 0. The van der Waals surface area contributed by atoms with Gasteiger partial charge in [0.05, 0.1) is 5.02 Å². The highest BCUT2D eigenvalue weighted by atomic mass is 35.5. The highest BCUT2D eigenvalue weighted by Crippen LogP contribution is 2.23. The molecular formula is C14H15ClN2OS. The van der Waals surface area contributed by atoms with Gasteiger partial charge in [0.1, 0.15) is 4.88 Å². The lowest BCUT2D eigenvalue weighted by Crippen LogP contribution is -2.13. The van der Waals surface area contributed by atoms with Crippen LogP contribution >= 0.6 is 22.9 Å². The highest BCUT2D eigenvalue weighted by molar-refractivity contribution is 7.12. The molecule has 0 aliphatic carbocycles. The summed E-state index contributed by atoms with van der Waals surface area (Å²) in [6.07, 6.45) is 0. The van der Waals surface area contributed by atoms with E-state index in [4.69, 9.17) is 11.6 Å². The quantitative estimate of drug-likeness (QED) is 0.881. The first-order valence-electron chi connectivity index (χ1n) is 6.04. The van der Waals surface area contributed by atoms with Crippen LogP contribution in [0.3, 0.4) is 0 Å². The van der Waals surface area contributed by atoms with Crippen molar-refractivity contribution in [2.75, 3.05) is 11.9 Å². The number of carbonyl (C=O) groups is 1. The van der Waals surface area contributed by atoms with Crippen LogP contribution in [-0.4, -0.2) is 12.5 Å². The van der Waals surface area contributed by atoms with E-state index in [1.54, 1.807) is 11.4 Å². The van der Waals surface area contributed by atoms with Crippen molar-refractivity contribution >= 4 is 34.5 Å². The molecule has 2 rings (SSSR count). The van der Waals surface area contributed by atoms with Gasteiger partial charge in [0.2, 0.25) is 0 Å². The van der Waals surface area contributed by atoms with Crippen LogP contribution in [0.4, 0.5) is 5.69 Å². The smallest absolute Gasteiger partial charge is 0.267 e. The fraction of sp³-hybridized carbons (Fsp3) is 0.214. The Bertz CT molecular complexity index is 568. The molecule has 0 spiro atoms. The Kier molecular flexibility index (Phi) is 4.96. The van der Waals surface area contributed by atoms with Crippen LogP contribution in [-0.2, 0) is 6.54 Å². The predicted octanol–water partition coefficient (Wildman–Crippen LogP) is 3.76. The highest BCUT2D eigenvalue weighted by Gasteiger charge is 2.11. The molecule has 0 fully saturated rings. The maximum Gasteiger partial charge on any atom is 0.267 e. The Labute approximate surface area is 121 Å². The zero-order valence-corrected chi connectivity index (χ0v) is 12.1. The molecule has 1 aromatic heterocycles. The second-order valence-corrected chi connectivity index (χ2v) is 5.36. The molecule has 1 amide bonds. The van der Waals surface area contributed by atoms with E-state index in [-0.39, 0.29) is 5.91 Å². The van der Waals surface area contributed by atoms with Crippen molar-refractivity contribution in [3.05, 3.63) is 51.2 Å². The Hall–Kier alpha value is -1.36. The summed E-state index contributed by atoms with van der Waals surface area (Å²) in [7, 11) is 0. The van der Waals surface area contributed by atoms with Gasteiger partial charge in [-0.05, 0) is 35.7 Å². The summed E-state index contributed by atoms with van der Waals surface area (Å²) in [4.78, 5) is 12.6. The van der Waals surface area contributed by atoms with E-state index in [1.165, 1.54) is 11.3 Å². The Balaban J connectivity index is 2.07. The number of thiophene rings is 1. The number of anilines is 1. The van der Waals surface area contributed by atoms with Crippen molar-refractivity contribution in [3.8, 4) is 0 Å². The van der Waals surface area contributed by atoms with Gasteiger partial charge in [0.25, 0.3) is 5.91 Å². The van der Waals surface area contributed by atoms with Gasteiger partial charge < -0.3 is 10.6 Å². The number of nitrogens with one attached hydrogen (secondary N) is 2. The maximum atomic E-state index is 12.0. The standard InChI is InChI=1S/C14H15ClN2OS/c1-2-16-9-10-4-3-5-11(8-10)17-14(18)13-12(15)6-7-19-13/h3-8,16H,2,9H2,1H3,(H,17,18). The molecule has 100 valence electrons. The fourth-order valence-electron chi connectivity index (χ4n) is 1.67. The molecule has 2 aromatic rings. The van der Waals surface area contributed by atoms with Crippen molar-refractivity contribution in [2.24, 2.45) is 0 Å². The first-order chi connectivity index (χ1) is 9.20. The number of rotatable bonds is 5. The molecule has 5 heteroatoms. The van der Waals surface area contributed by atoms with Gasteiger partial charge in [0.15, 0.2) is 0 Å². The van der Waals surface area contributed by atoms with Crippen LogP contribution in [0.1, 0.15) is 22.2 Å². The van der Waals surface area contributed by atoms with Crippen LogP contribution in [0, 0.1) is 0 Å². The molecule has 0 saturated heterocycles. The molecule has 0 unspecified atom stereocenters. The number of hydrogen-bond acceptors (Lipinski definition) is 3. The number of benzene rings is 1. The summed E-state index contributed by atoms with van der Waals surface area (Å²) >= 11 is 7.28. The molecule has 0 atom stereocenters. The Morgan fingerprint density at radius 1 is 1.37 bits per heavy atom. The molecule has 0 aliphatic heterocycles. The van der Waals surface area contributed by atoms with Crippen molar-refractivity contribution in [1.29, 1.82) is 0 Å². The molecule has 1 aromatic carbocycles. The minimum absolute atomic E-state index is 0.166. The van der Waals surface area contributed by atoms with Gasteiger partial charge in [-0.15, -0.1) is 11.3 Å². The van der Waals surface area contributed by atoms with Crippen LogP contribution in [0.25, 0.3) is 0 Å². The molecule has 0 radical (unpaired) electrons. The molecular weight excluding hydrogens is 280 g/mol. The molecule has 3 nitrogen and oxygen atoms in total. The van der Waals surface area contributed by atoms with Gasteiger partial charge >= 0.3 is 0 Å². The minimum atomic E-state index is -0.166. The molecule has 0 aliphatic rings. The monoisotopic (exact) mass is 294 g/mol. The summed E-state index contributed by atoms with van der Waals surface area (Å²) in [5.41, 5.74) is 1.92. The zero-order valence-electron chi connectivity index (χ0n) is 10.6. The molecule has 1 heterocycles. The van der Waals surface area contributed by atoms with E-state index in [1.807, 2.05) is 24.3 Å². The van der Waals surface area contributed by atoms with E-state index in [0.29, 0.717) is 9.90 Å². The fourth-order valence-corrected chi connectivity index (χ4v) is 2.71. The van der Waals surface area contributed by atoms with E-state index in [0.717, 1.165) is 24.3 Å². The van der Waals surface area contributed by atoms with E-state index in [9.17, 15) is 4.79 Å². The topological polar surface area (TPSA) is 41.1 Å². The molecule has 0 saturated carbocycles. The Morgan fingerprint density at radius 3 is 2.89 bits per heavy atom. The average Bonchev–Trinajstić information content (AvgIpc) is 2.83. The minimum Gasteiger partial charge on any atom is -0.321 e. The van der Waals surface area contributed by atoms with Crippen molar-refractivity contribution in [1.82, 2.24) is 5.32 Å². The van der Waals surface area contributed by atoms with Crippen molar-refractivity contribution in [3.63, 3.8) is 0 Å². The number of amides is 1. The summed E-state index contributed by atoms with van der Waals surface area (Å²) in [6, 6.07) is 9.51. The third-order valence-corrected chi connectivity index (χ3v) is 3.93. The maximum absolute atomic E-state index is 12.0. The largest absolute Gasteiger partial charge is 0.321 e. The lowest BCUT2D eigenvalue weighted by Gasteiger charge is -2.07. The number of hydrogen-bond donors (Lipinski definition) is 2. The normalized spacial score (nSPS) is 10.4. The van der Waals surface area contributed by atoms with Crippen LogP contribution in [0.15, 0.2) is 35.7 Å². The SMILES string of the molecule is CCNCc1cccc(NC(=O)c2sccc2Cl)c1. The van der Waals surface area contributed by atoms with E-state index >= 15 is 0 Å². The number of carbonyl (C=O) groups excluding carboxylic acids is 1. The van der Waals surface area contributed by atoms with Gasteiger partial charge in [-0.25, -0.2) is 0 Å². The van der Waals surface area contributed by atoms with Crippen molar-refractivity contribution < 1.29 is 4.79 Å². The predicted molar refractivity (Wildman–Crippen MR) is 81.1 cm³/mol. The Morgan fingerprint density at radius 2 is 2.21 bits per heavy atom. The van der Waals surface area contributed by atoms with Crippen LogP contribution < -0.4 is 10.6 Å². The summed E-state index contributed by atoms with van der Waals surface area (Å²) in [5, 5.41) is 8.41. The van der Waals surface area contributed by atoms with Gasteiger partial charge in [-0.3, -0.25) is 4.79 Å². The number of halogens is 1. The second-order valence-electron chi connectivity index (χ2n) is 4.03. The third kappa shape index (κ3) is 3.80. The van der Waals surface area contributed by atoms with Gasteiger partial charge in [0, 0.05) is 12.2 Å². The van der Waals surface area contributed by atoms with Gasteiger partial charge in [-0.1, -0.05) is 30.7 Å². The third-order valence-electron chi connectivity index (χ3n) is 2.59. The van der Waals surface area contributed by atoms with Crippen LogP contribution in [0.5, 0.6) is 0 Å². The summed E-state index contributed by atoms with van der Waals surface area (Å²) in [5.74, 6) is -0.166. The van der Waals surface area contributed by atoms with Crippen LogP contribution in [0.2, 0.25) is 5.02 Å². The zero-order chi connectivity index (χ0) is 13.7. The van der Waals surface area contributed by atoms with Gasteiger partial charge in [-0.2, -0.15) is 0 Å². The first kappa shape index (κ1) is 14.1. The molecule has 2 N–H and O–H groups in total. The second kappa shape index (κ2) is 6.70. The summed E-state index contributed by atoms with van der Waals surface area (Å²) in [6.45, 7) is 3.77. The lowest BCUT2D eigenvalue weighted by atomic mass is 10.2. The molecule has 19 heavy (non-hydrogen) atoms. The van der Waals surface area contributed by atoms with E-state index < -0.39 is 0 Å². The lowest BCUT2D eigenvalue weighted by molar-refractivity contribution is 0.103. The van der Waals surface area contributed by atoms with Crippen molar-refractivity contribution in [2.45, 2.75) is 13.5 Å². The average molecular weight is 295 g/mol. The first-order valence-corrected chi connectivity index (χ1v) is 7.30.